The molecule has 3 N–H and O–H groups in total. The number of hydrogen-bond acceptors (Lipinski definition) is 6. The van der Waals surface area contributed by atoms with Gasteiger partial charge < -0.3 is 15.8 Å². The number of nitrogens with two attached hydrogens (primary N) is 1. The highest BCUT2D eigenvalue weighted by Crippen LogP contribution is 2.47. The molecule has 3 aromatic carbocycles. The van der Waals surface area contributed by atoms with Crippen LogP contribution in [0.25, 0.3) is 0 Å². The number of halogens is 4. The van der Waals surface area contributed by atoms with E-state index < -0.39 is 57.7 Å². The number of nitriles is 1. The molecule has 12 heteroatoms. The molecule has 0 saturated carbocycles. The van der Waals surface area contributed by atoms with E-state index in [4.69, 9.17) is 10.5 Å². The number of ether oxygens (including phenoxy) is 1. The topological polar surface area (TPSA) is 108 Å². The lowest BCUT2D eigenvalue weighted by atomic mass is 9.82. The Balaban J connectivity index is 1.57. The molecule has 0 radical (unpaired) electrons. The number of benzene rings is 3. The summed E-state index contributed by atoms with van der Waals surface area (Å²) in [6.07, 6.45) is -4.14. The van der Waals surface area contributed by atoms with Crippen LogP contribution in [0.5, 0.6) is 0 Å². The largest absolute Gasteiger partial charge is 0.431 e. The second-order valence-corrected chi connectivity index (χ2v) is 11.9. The number of rotatable bonds is 7. The highest BCUT2D eigenvalue weighted by Gasteiger charge is 2.63. The number of carbonyl (C=O) groups excluding carboxylic acids is 2. The van der Waals surface area contributed by atoms with Crippen LogP contribution in [0.15, 0.2) is 84.1 Å². The number of nitrogens with zero attached hydrogens (tertiary/aromatic N) is 3. The lowest BCUT2D eigenvalue weighted by Gasteiger charge is -2.44. The van der Waals surface area contributed by atoms with Crippen molar-refractivity contribution in [2.75, 3.05) is 26.2 Å². The predicted octanol–water partition coefficient (Wildman–Crippen LogP) is 5.30. The van der Waals surface area contributed by atoms with Crippen molar-refractivity contribution in [3.05, 3.63) is 118 Å². The number of amides is 3. The minimum absolute atomic E-state index is 0.129. The van der Waals surface area contributed by atoms with Crippen LogP contribution in [0.3, 0.4) is 0 Å². The molecule has 6 rings (SSSR count). The van der Waals surface area contributed by atoms with Gasteiger partial charge in [-0.25, -0.2) is 14.0 Å². The van der Waals surface area contributed by atoms with Gasteiger partial charge in [-0.2, -0.15) is 22.9 Å². The lowest BCUT2D eigenvalue weighted by molar-refractivity contribution is -0.793. The van der Waals surface area contributed by atoms with Crippen LogP contribution in [-0.4, -0.2) is 53.2 Å². The number of fused-ring (bicyclic) bond motifs is 1. The summed E-state index contributed by atoms with van der Waals surface area (Å²) in [5.74, 6) is -1.72. The predicted molar refractivity (Wildman–Crippen MR) is 159 cm³/mol. The summed E-state index contributed by atoms with van der Waals surface area (Å²) >= 11 is 0. The molecular weight excluding hydrogens is 602 g/mol. The Morgan fingerprint density at radius 2 is 1.72 bits per heavy atom. The maximum Gasteiger partial charge on any atom is 0.431 e. The number of urea groups is 1. The summed E-state index contributed by atoms with van der Waals surface area (Å²) in [7, 11) is 0. The Hall–Kier alpha value is -4.41. The minimum atomic E-state index is -4.90. The quantitative estimate of drug-likeness (QED) is 0.270. The second-order valence-electron chi connectivity index (χ2n) is 11.9. The van der Waals surface area contributed by atoms with Crippen LogP contribution in [0.2, 0.25) is 0 Å². The second kappa shape index (κ2) is 12.1. The van der Waals surface area contributed by atoms with Crippen molar-refractivity contribution in [1.82, 2.24) is 10.2 Å². The summed E-state index contributed by atoms with van der Waals surface area (Å²) in [6, 6.07) is 18.4. The van der Waals surface area contributed by atoms with Crippen LogP contribution in [0, 0.1) is 17.1 Å². The van der Waals surface area contributed by atoms with E-state index in [0.29, 0.717) is 37.1 Å². The molecule has 0 bridgehead atoms. The van der Waals surface area contributed by atoms with Gasteiger partial charge in [-0.15, -0.1) is 0 Å². The zero-order valence-corrected chi connectivity index (χ0v) is 24.8. The molecule has 1 fully saturated rings. The molecule has 3 aromatic rings. The van der Waals surface area contributed by atoms with Crippen LogP contribution < -0.4 is 11.1 Å². The van der Waals surface area contributed by atoms with E-state index in [2.05, 4.69) is 11.4 Å². The van der Waals surface area contributed by atoms with E-state index >= 15 is 9.18 Å². The molecule has 0 aliphatic carbocycles. The fourth-order valence-electron chi connectivity index (χ4n) is 6.89. The Labute approximate surface area is 263 Å². The van der Waals surface area contributed by atoms with Crippen molar-refractivity contribution in [3.63, 3.8) is 0 Å². The normalized spacial score (nSPS) is 21.8. The van der Waals surface area contributed by atoms with Crippen molar-refractivity contribution in [2.45, 2.75) is 43.8 Å². The van der Waals surface area contributed by atoms with Gasteiger partial charge >= 0.3 is 18.1 Å². The molecule has 46 heavy (non-hydrogen) atoms. The van der Waals surface area contributed by atoms with Gasteiger partial charge in [0, 0.05) is 11.1 Å². The Morgan fingerprint density at radius 1 is 1.02 bits per heavy atom. The molecule has 3 amide bonds. The van der Waals surface area contributed by atoms with E-state index in [1.54, 1.807) is 54.6 Å². The summed E-state index contributed by atoms with van der Waals surface area (Å²) in [5.41, 5.74) is 5.22. The van der Waals surface area contributed by atoms with E-state index in [1.807, 2.05) is 0 Å². The molecule has 8 nitrogen and oxygen atoms in total. The summed E-state index contributed by atoms with van der Waals surface area (Å²) in [5, 5.41) is 13.1. The molecular formula is C34H32F4N5O3+. The minimum Gasteiger partial charge on any atom is -0.363 e. The van der Waals surface area contributed by atoms with Gasteiger partial charge in [0.15, 0.2) is 0 Å². The number of carbonyl (C=O) groups is 2. The Bertz CT molecular complexity index is 1750. The van der Waals surface area contributed by atoms with Gasteiger partial charge in [0.05, 0.1) is 42.1 Å². The zero-order valence-electron chi connectivity index (χ0n) is 24.8. The Morgan fingerprint density at radius 3 is 2.41 bits per heavy atom. The first-order valence-corrected chi connectivity index (χ1v) is 15.0. The SMILES string of the molecule is N#Cc1ccccc1C[N@@+]1(CC(N)c2ccccc2)C(=O)C2=C(COC23CCNCC3)N(Cc2c(F)cccc2C(F)(F)F)C1=O. The number of imide groups is 1. The monoisotopic (exact) mass is 634 g/mol. The van der Waals surface area contributed by atoms with Gasteiger partial charge in [0.1, 0.15) is 30.1 Å². The molecule has 1 spiro atoms. The van der Waals surface area contributed by atoms with Crippen molar-refractivity contribution in [2.24, 2.45) is 5.73 Å². The van der Waals surface area contributed by atoms with Gasteiger partial charge in [-0.3, -0.25) is 4.90 Å². The van der Waals surface area contributed by atoms with Gasteiger partial charge in [0.25, 0.3) is 0 Å². The van der Waals surface area contributed by atoms with Gasteiger partial charge in [0.2, 0.25) is 0 Å². The fourth-order valence-corrected chi connectivity index (χ4v) is 6.89. The highest BCUT2D eigenvalue weighted by molar-refractivity contribution is 6.01. The summed E-state index contributed by atoms with van der Waals surface area (Å²) in [6.45, 7) is -0.555. The fraction of sp³-hybridized carbons (Fsp3) is 0.324. The average Bonchev–Trinajstić information content (AvgIpc) is 3.40. The van der Waals surface area contributed by atoms with E-state index in [0.717, 1.165) is 23.1 Å². The Kier molecular flexibility index (Phi) is 8.29. The molecule has 0 aromatic heterocycles. The number of hydrogen-bond donors (Lipinski definition) is 2. The van der Waals surface area contributed by atoms with Gasteiger partial charge in [-0.05, 0) is 49.7 Å². The summed E-state index contributed by atoms with van der Waals surface area (Å²) < 4.78 is 63.1. The summed E-state index contributed by atoms with van der Waals surface area (Å²) in [4.78, 5) is 31.1. The van der Waals surface area contributed by atoms with Crippen molar-refractivity contribution >= 4 is 11.9 Å². The van der Waals surface area contributed by atoms with Crippen LogP contribution in [-0.2, 0) is 28.8 Å². The van der Waals surface area contributed by atoms with Gasteiger partial charge in [-0.1, -0.05) is 54.6 Å². The molecule has 1 unspecified atom stereocenters. The molecule has 3 aliphatic heterocycles. The third kappa shape index (κ3) is 5.39. The van der Waals surface area contributed by atoms with Crippen molar-refractivity contribution < 1.29 is 36.4 Å². The molecule has 2 atom stereocenters. The number of nitrogens with one attached hydrogen (secondary N) is 1. The van der Waals surface area contributed by atoms with Crippen molar-refractivity contribution in [3.8, 4) is 6.07 Å². The van der Waals surface area contributed by atoms with E-state index in [-0.39, 0.29) is 36.5 Å². The first-order chi connectivity index (χ1) is 22.0. The van der Waals surface area contributed by atoms with Crippen LogP contribution in [0.4, 0.5) is 22.4 Å². The third-order valence-electron chi connectivity index (χ3n) is 9.22. The first kappa shape index (κ1) is 31.6. The maximum absolute atomic E-state index is 15.3. The smallest absolute Gasteiger partial charge is 0.363 e. The number of quaternary nitrogens is 1. The number of alkyl halides is 3. The zero-order chi connectivity index (χ0) is 32.7. The maximum atomic E-state index is 15.3. The lowest BCUT2D eigenvalue weighted by Crippen LogP contribution is -2.67. The van der Waals surface area contributed by atoms with Crippen molar-refractivity contribution in [1.29, 1.82) is 5.26 Å². The number of piperidine rings is 1. The first-order valence-electron chi connectivity index (χ1n) is 15.0. The molecule has 3 aliphatic rings. The van der Waals surface area contributed by atoms with Crippen LogP contribution in [0.1, 0.15) is 46.7 Å². The average molecular weight is 635 g/mol. The molecule has 238 valence electrons. The third-order valence-corrected chi connectivity index (χ3v) is 9.22. The molecule has 3 heterocycles. The standard InChI is InChI=1S/C34H32F4N5O3/c35-27-12-6-11-26(34(36,37)38)25(27)18-42-29-21-46-33(13-15-41-16-14-33)30(29)31(44)43(32(42)45,19-24-10-5-4-9-23(24)17-39)20-28(40)22-7-2-1-3-8-22/h1-12,28,41H,13-16,18-21,40H2/q+1/t28?,43-/m1/s1. The highest BCUT2D eigenvalue weighted by atomic mass is 19.4. The van der Waals surface area contributed by atoms with Crippen LogP contribution >= 0.6 is 0 Å². The van der Waals surface area contributed by atoms with E-state index in [9.17, 15) is 23.2 Å². The van der Waals surface area contributed by atoms with E-state index in [1.165, 1.54) is 0 Å². The molecule has 1 saturated heterocycles.